The first-order chi connectivity index (χ1) is 14.5. The Morgan fingerprint density at radius 3 is 2.53 bits per heavy atom. The van der Waals surface area contributed by atoms with Gasteiger partial charge in [-0.1, -0.05) is 54.1 Å². The molecule has 2 aromatic heterocycles. The van der Waals surface area contributed by atoms with E-state index in [9.17, 15) is 4.79 Å². The van der Waals surface area contributed by atoms with Crippen molar-refractivity contribution >= 4 is 17.5 Å². The summed E-state index contributed by atoms with van der Waals surface area (Å²) in [6, 6.07) is 21.0. The van der Waals surface area contributed by atoms with E-state index in [1.807, 2.05) is 54.9 Å². The predicted molar refractivity (Wildman–Crippen MR) is 118 cm³/mol. The number of amides is 1. The minimum atomic E-state index is -0.275. The number of aryl methyl sites for hydroxylation is 1. The molecule has 30 heavy (non-hydrogen) atoms. The Morgan fingerprint density at radius 1 is 1.03 bits per heavy atom. The van der Waals surface area contributed by atoms with Crippen molar-refractivity contribution in [2.24, 2.45) is 0 Å². The van der Waals surface area contributed by atoms with Gasteiger partial charge in [0.2, 0.25) is 0 Å². The Bertz CT molecular complexity index is 1180. The number of carbonyl (C=O) groups is 1. The molecule has 0 aliphatic heterocycles. The molecular weight excluding hydrogens is 398 g/mol. The van der Waals surface area contributed by atoms with Gasteiger partial charge >= 0.3 is 0 Å². The van der Waals surface area contributed by atoms with Gasteiger partial charge in [0, 0.05) is 23.4 Å². The van der Waals surface area contributed by atoms with Crippen molar-refractivity contribution in [1.29, 1.82) is 0 Å². The number of hydrogen-bond donors (Lipinski definition) is 1. The van der Waals surface area contributed by atoms with E-state index < -0.39 is 0 Å². The van der Waals surface area contributed by atoms with Crippen LogP contribution in [0.1, 0.15) is 33.1 Å². The number of aromatic nitrogens is 2. The van der Waals surface area contributed by atoms with Gasteiger partial charge in [-0.2, -0.15) is 5.10 Å². The molecule has 1 N–H and O–H groups in total. The zero-order valence-electron chi connectivity index (χ0n) is 16.9. The van der Waals surface area contributed by atoms with Crippen LogP contribution in [-0.4, -0.2) is 15.7 Å². The SMILES string of the molecule is Cc1nn(Cc2ccccc2)c(C)c1CNC(=O)c1ccc(-c2ccccc2Cl)o1. The van der Waals surface area contributed by atoms with Gasteiger partial charge in [-0.05, 0) is 43.7 Å². The van der Waals surface area contributed by atoms with E-state index in [0.29, 0.717) is 23.9 Å². The molecule has 152 valence electrons. The molecule has 6 heteroatoms. The maximum Gasteiger partial charge on any atom is 0.287 e. The van der Waals surface area contributed by atoms with Gasteiger partial charge in [0.15, 0.2) is 5.76 Å². The fourth-order valence-corrected chi connectivity index (χ4v) is 3.65. The van der Waals surface area contributed by atoms with Crippen molar-refractivity contribution < 1.29 is 9.21 Å². The summed E-state index contributed by atoms with van der Waals surface area (Å²) in [5.74, 6) is 0.536. The van der Waals surface area contributed by atoms with Crippen LogP contribution < -0.4 is 5.32 Å². The van der Waals surface area contributed by atoms with Crippen molar-refractivity contribution in [2.45, 2.75) is 26.9 Å². The Morgan fingerprint density at radius 2 is 1.77 bits per heavy atom. The number of hydrogen-bond acceptors (Lipinski definition) is 3. The van der Waals surface area contributed by atoms with Crippen LogP contribution in [0.5, 0.6) is 0 Å². The van der Waals surface area contributed by atoms with E-state index in [0.717, 1.165) is 22.5 Å². The fourth-order valence-electron chi connectivity index (χ4n) is 3.42. The number of carbonyl (C=O) groups excluding carboxylic acids is 1. The van der Waals surface area contributed by atoms with E-state index in [1.165, 1.54) is 5.56 Å². The average molecular weight is 420 g/mol. The van der Waals surface area contributed by atoms with Crippen molar-refractivity contribution in [3.63, 3.8) is 0 Å². The maximum atomic E-state index is 12.6. The van der Waals surface area contributed by atoms with Gasteiger partial charge in [-0.15, -0.1) is 0 Å². The molecule has 0 fully saturated rings. The van der Waals surface area contributed by atoms with Crippen molar-refractivity contribution in [1.82, 2.24) is 15.1 Å². The van der Waals surface area contributed by atoms with Gasteiger partial charge in [-0.25, -0.2) is 0 Å². The Balaban J connectivity index is 1.45. The van der Waals surface area contributed by atoms with Gasteiger partial charge in [-0.3, -0.25) is 9.48 Å². The molecule has 4 aromatic rings. The topological polar surface area (TPSA) is 60.1 Å². The summed E-state index contributed by atoms with van der Waals surface area (Å²) in [6.45, 7) is 5.06. The Hall–Kier alpha value is -3.31. The second kappa shape index (κ2) is 8.59. The molecule has 0 saturated carbocycles. The highest BCUT2D eigenvalue weighted by atomic mass is 35.5. The highest BCUT2D eigenvalue weighted by Crippen LogP contribution is 2.29. The molecule has 2 heterocycles. The second-order valence-electron chi connectivity index (χ2n) is 7.12. The smallest absolute Gasteiger partial charge is 0.287 e. The lowest BCUT2D eigenvalue weighted by atomic mass is 10.2. The van der Waals surface area contributed by atoms with Gasteiger partial charge in [0.1, 0.15) is 5.76 Å². The Labute approximate surface area is 180 Å². The average Bonchev–Trinajstić information content (AvgIpc) is 3.33. The van der Waals surface area contributed by atoms with Crippen molar-refractivity contribution in [3.8, 4) is 11.3 Å². The number of halogens is 1. The summed E-state index contributed by atoms with van der Waals surface area (Å²) in [7, 11) is 0. The van der Waals surface area contributed by atoms with E-state index in [1.54, 1.807) is 18.2 Å². The highest BCUT2D eigenvalue weighted by molar-refractivity contribution is 6.33. The second-order valence-corrected chi connectivity index (χ2v) is 7.53. The van der Waals surface area contributed by atoms with Crippen molar-refractivity contribution in [3.05, 3.63) is 100 Å². The lowest BCUT2D eigenvalue weighted by molar-refractivity contribution is 0.0924. The molecule has 0 atom stereocenters. The van der Waals surface area contributed by atoms with E-state index in [4.69, 9.17) is 16.0 Å². The van der Waals surface area contributed by atoms with E-state index in [2.05, 4.69) is 22.5 Å². The van der Waals surface area contributed by atoms with Crippen LogP contribution in [0.25, 0.3) is 11.3 Å². The summed E-state index contributed by atoms with van der Waals surface area (Å²) < 4.78 is 7.69. The van der Waals surface area contributed by atoms with Crippen LogP contribution in [0.4, 0.5) is 0 Å². The van der Waals surface area contributed by atoms with Crippen LogP contribution >= 0.6 is 11.6 Å². The molecule has 1 amide bonds. The highest BCUT2D eigenvalue weighted by Gasteiger charge is 2.16. The molecule has 0 spiro atoms. The van der Waals surface area contributed by atoms with Crippen LogP contribution in [0.2, 0.25) is 5.02 Å². The third-order valence-corrected chi connectivity index (χ3v) is 5.43. The van der Waals surface area contributed by atoms with E-state index in [-0.39, 0.29) is 11.7 Å². The molecule has 0 radical (unpaired) electrons. The third kappa shape index (κ3) is 4.16. The van der Waals surface area contributed by atoms with Gasteiger partial charge in [0.25, 0.3) is 5.91 Å². The minimum Gasteiger partial charge on any atom is -0.451 e. The summed E-state index contributed by atoms with van der Waals surface area (Å²) in [6.07, 6.45) is 0. The number of furan rings is 1. The zero-order chi connectivity index (χ0) is 21.1. The lowest BCUT2D eigenvalue weighted by Gasteiger charge is -2.07. The van der Waals surface area contributed by atoms with Gasteiger partial charge in [0.05, 0.1) is 17.3 Å². The first-order valence-electron chi connectivity index (χ1n) is 9.72. The summed E-state index contributed by atoms with van der Waals surface area (Å²) in [5, 5.41) is 8.15. The zero-order valence-corrected chi connectivity index (χ0v) is 17.6. The Kier molecular flexibility index (Phi) is 5.72. The van der Waals surface area contributed by atoms with Crippen LogP contribution in [0.3, 0.4) is 0 Å². The maximum absolute atomic E-state index is 12.6. The molecule has 4 rings (SSSR count). The molecular formula is C24H22ClN3O2. The molecule has 0 bridgehead atoms. The number of benzene rings is 2. The molecule has 0 saturated heterocycles. The summed E-state index contributed by atoms with van der Waals surface area (Å²) >= 11 is 6.21. The first-order valence-corrected chi connectivity index (χ1v) is 10.1. The van der Waals surface area contributed by atoms with Crippen LogP contribution in [0, 0.1) is 13.8 Å². The molecule has 5 nitrogen and oxygen atoms in total. The first kappa shape index (κ1) is 20.0. The van der Waals surface area contributed by atoms with E-state index >= 15 is 0 Å². The molecule has 0 unspecified atom stereocenters. The van der Waals surface area contributed by atoms with Crippen LogP contribution in [0.15, 0.2) is 71.1 Å². The van der Waals surface area contributed by atoms with Crippen LogP contribution in [-0.2, 0) is 13.1 Å². The molecule has 0 aliphatic carbocycles. The normalized spacial score (nSPS) is 10.9. The monoisotopic (exact) mass is 419 g/mol. The lowest BCUT2D eigenvalue weighted by Crippen LogP contribution is -2.23. The minimum absolute atomic E-state index is 0.247. The van der Waals surface area contributed by atoms with Crippen molar-refractivity contribution in [2.75, 3.05) is 0 Å². The summed E-state index contributed by atoms with van der Waals surface area (Å²) in [5.41, 5.74) is 4.89. The van der Waals surface area contributed by atoms with Gasteiger partial charge < -0.3 is 9.73 Å². The standard InChI is InChI=1S/C24H22ClN3O2/c1-16-20(17(2)28(27-16)15-18-8-4-3-5-9-18)14-26-24(29)23-13-12-22(30-23)19-10-6-7-11-21(19)25/h3-13H,14-15H2,1-2H3,(H,26,29). The molecule has 0 aliphatic rings. The largest absolute Gasteiger partial charge is 0.451 e. The number of rotatable bonds is 6. The molecule has 2 aromatic carbocycles. The number of nitrogens with one attached hydrogen (secondary N) is 1. The third-order valence-electron chi connectivity index (χ3n) is 5.10. The predicted octanol–water partition coefficient (Wildman–Crippen LogP) is 5.39. The number of nitrogens with zero attached hydrogens (tertiary/aromatic N) is 2. The fraction of sp³-hybridized carbons (Fsp3) is 0.167. The summed E-state index contributed by atoms with van der Waals surface area (Å²) in [4.78, 5) is 12.6. The quantitative estimate of drug-likeness (QED) is 0.455.